The monoisotopic (exact) mass is 235 g/mol. The Morgan fingerprint density at radius 3 is 2.82 bits per heavy atom. The van der Waals surface area contributed by atoms with E-state index in [9.17, 15) is 4.79 Å². The summed E-state index contributed by atoms with van der Waals surface area (Å²) < 4.78 is 0. The Hall–Kier alpha value is -1.42. The number of hydrogen-bond donors (Lipinski definition) is 1. The van der Waals surface area contributed by atoms with E-state index >= 15 is 0 Å². The zero-order valence-corrected chi connectivity index (χ0v) is 10.8. The van der Waals surface area contributed by atoms with Gasteiger partial charge in [0.05, 0.1) is 18.3 Å². The highest BCUT2D eigenvalue weighted by Gasteiger charge is 2.17. The molecule has 4 nitrogen and oxygen atoms in total. The van der Waals surface area contributed by atoms with Crippen LogP contribution in [0.15, 0.2) is 18.2 Å². The lowest BCUT2D eigenvalue weighted by Gasteiger charge is -2.20. The summed E-state index contributed by atoms with van der Waals surface area (Å²) in [5.41, 5.74) is 7.65. The molecular weight excluding hydrogens is 214 g/mol. The highest BCUT2D eigenvalue weighted by molar-refractivity contribution is 5.81. The molecule has 1 amide bonds. The third-order valence-electron chi connectivity index (χ3n) is 2.64. The molecule has 4 heteroatoms. The van der Waals surface area contributed by atoms with Crippen molar-refractivity contribution in [3.63, 3.8) is 0 Å². The van der Waals surface area contributed by atoms with Crippen molar-refractivity contribution >= 4 is 5.91 Å². The zero-order chi connectivity index (χ0) is 12.8. The first kappa shape index (κ1) is 13.6. The van der Waals surface area contributed by atoms with Crippen LogP contribution >= 0.6 is 0 Å². The fourth-order valence-corrected chi connectivity index (χ4v) is 1.73. The van der Waals surface area contributed by atoms with E-state index in [1.807, 2.05) is 32.0 Å². The third kappa shape index (κ3) is 4.15. The van der Waals surface area contributed by atoms with Crippen molar-refractivity contribution in [3.8, 4) is 0 Å². The molecule has 0 fully saturated rings. The number of likely N-dealkylation sites (N-methyl/N-ethyl adjacent to an activating group) is 1. The lowest BCUT2D eigenvalue weighted by Crippen LogP contribution is -2.41. The van der Waals surface area contributed by atoms with Gasteiger partial charge in [-0.05, 0) is 25.5 Å². The fourth-order valence-electron chi connectivity index (χ4n) is 1.73. The largest absolute Gasteiger partial charge is 0.339 e. The highest BCUT2D eigenvalue weighted by atomic mass is 16.2. The lowest BCUT2D eigenvalue weighted by atomic mass is 10.1. The summed E-state index contributed by atoms with van der Waals surface area (Å²) in [5.74, 6) is -0.0184. The van der Waals surface area contributed by atoms with Crippen LogP contribution in [-0.2, 0) is 11.3 Å². The molecule has 1 rings (SSSR count). The van der Waals surface area contributed by atoms with Gasteiger partial charge in [0.25, 0.3) is 0 Å². The van der Waals surface area contributed by atoms with Gasteiger partial charge in [-0.2, -0.15) is 0 Å². The first-order valence-corrected chi connectivity index (χ1v) is 5.97. The third-order valence-corrected chi connectivity index (χ3v) is 2.64. The summed E-state index contributed by atoms with van der Waals surface area (Å²) in [5, 5.41) is 0. The lowest BCUT2D eigenvalue weighted by molar-refractivity contribution is -0.132. The predicted octanol–water partition coefficient (Wildman–Crippen LogP) is 1.48. The molecule has 1 aromatic rings. The second kappa shape index (κ2) is 6.35. The Labute approximate surface area is 103 Å². The molecule has 1 heterocycles. The maximum Gasteiger partial charge on any atom is 0.239 e. The van der Waals surface area contributed by atoms with Crippen LogP contribution in [0.25, 0.3) is 0 Å². The minimum atomic E-state index is -0.394. The van der Waals surface area contributed by atoms with E-state index in [4.69, 9.17) is 5.73 Å². The number of aryl methyl sites for hydroxylation is 1. The molecule has 0 unspecified atom stereocenters. The standard InChI is InChI=1S/C13H21N3O/c1-4-6-12(14)13(17)16(3)9-11-8-5-7-10(2)15-11/h5,7-8,12H,4,6,9,14H2,1-3H3/t12-/m1/s1. The quantitative estimate of drug-likeness (QED) is 0.841. The number of nitrogens with zero attached hydrogens (tertiary/aromatic N) is 2. The Morgan fingerprint density at radius 1 is 1.53 bits per heavy atom. The van der Waals surface area contributed by atoms with E-state index in [0.717, 1.165) is 24.2 Å². The molecule has 94 valence electrons. The van der Waals surface area contributed by atoms with Crippen molar-refractivity contribution < 1.29 is 4.79 Å². The van der Waals surface area contributed by atoms with Gasteiger partial charge < -0.3 is 10.6 Å². The molecule has 0 saturated carbocycles. The molecule has 0 aliphatic carbocycles. The van der Waals surface area contributed by atoms with Gasteiger partial charge in [-0.25, -0.2) is 0 Å². The van der Waals surface area contributed by atoms with Crippen LogP contribution in [0, 0.1) is 6.92 Å². The van der Waals surface area contributed by atoms with Crippen molar-refractivity contribution in [2.45, 2.75) is 39.3 Å². The van der Waals surface area contributed by atoms with Gasteiger partial charge >= 0.3 is 0 Å². The topological polar surface area (TPSA) is 59.2 Å². The summed E-state index contributed by atoms with van der Waals surface area (Å²) in [6.07, 6.45) is 1.65. The second-order valence-electron chi connectivity index (χ2n) is 4.36. The SMILES string of the molecule is CCC[C@@H](N)C(=O)N(C)Cc1cccc(C)n1. The molecule has 0 aromatic carbocycles. The smallest absolute Gasteiger partial charge is 0.239 e. The van der Waals surface area contributed by atoms with Crippen LogP contribution in [0.2, 0.25) is 0 Å². The molecule has 1 atom stereocenters. The molecule has 2 N–H and O–H groups in total. The molecule has 1 aromatic heterocycles. The van der Waals surface area contributed by atoms with Crippen molar-refractivity contribution in [1.29, 1.82) is 0 Å². The number of nitrogens with two attached hydrogens (primary N) is 1. The number of amides is 1. The number of rotatable bonds is 5. The molecule has 0 aliphatic rings. The number of pyridine rings is 1. The second-order valence-corrected chi connectivity index (χ2v) is 4.36. The van der Waals surface area contributed by atoms with Crippen molar-refractivity contribution in [2.75, 3.05) is 7.05 Å². The summed E-state index contributed by atoms with van der Waals surface area (Å²) >= 11 is 0. The maximum atomic E-state index is 11.9. The van der Waals surface area contributed by atoms with E-state index in [1.54, 1.807) is 11.9 Å². The summed E-state index contributed by atoms with van der Waals surface area (Å²) in [6, 6.07) is 5.41. The number of carbonyl (C=O) groups excluding carboxylic acids is 1. The van der Waals surface area contributed by atoms with Crippen LogP contribution in [0.4, 0.5) is 0 Å². The average molecular weight is 235 g/mol. The molecule has 0 aliphatic heterocycles. The van der Waals surface area contributed by atoms with Gasteiger partial charge in [0.2, 0.25) is 5.91 Å². The fraction of sp³-hybridized carbons (Fsp3) is 0.538. The van der Waals surface area contributed by atoms with E-state index in [2.05, 4.69) is 4.98 Å². The van der Waals surface area contributed by atoms with Gasteiger partial charge in [0.1, 0.15) is 0 Å². The molecular formula is C13H21N3O. The van der Waals surface area contributed by atoms with E-state index in [-0.39, 0.29) is 5.91 Å². The minimum Gasteiger partial charge on any atom is -0.339 e. The molecule has 0 saturated heterocycles. The van der Waals surface area contributed by atoms with Gasteiger partial charge in [-0.1, -0.05) is 19.4 Å². The minimum absolute atomic E-state index is 0.0184. The van der Waals surface area contributed by atoms with Crippen LogP contribution in [0.1, 0.15) is 31.2 Å². The Morgan fingerprint density at radius 2 is 2.24 bits per heavy atom. The first-order valence-electron chi connectivity index (χ1n) is 5.97. The predicted molar refractivity (Wildman–Crippen MR) is 68.3 cm³/mol. The maximum absolute atomic E-state index is 11.9. The zero-order valence-electron chi connectivity index (χ0n) is 10.8. The van der Waals surface area contributed by atoms with Gasteiger partial charge in [-0.15, -0.1) is 0 Å². The molecule has 0 radical (unpaired) electrons. The van der Waals surface area contributed by atoms with Gasteiger partial charge in [0.15, 0.2) is 0 Å². The van der Waals surface area contributed by atoms with Crippen LogP contribution < -0.4 is 5.73 Å². The van der Waals surface area contributed by atoms with E-state index in [1.165, 1.54) is 0 Å². The average Bonchev–Trinajstić information content (AvgIpc) is 2.28. The number of hydrogen-bond acceptors (Lipinski definition) is 3. The van der Waals surface area contributed by atoms with Crippen LogP contribution in [0.5, 0.6) is 0 Å². The Bertz CT molecular complexity index is 379. The van der Waals surface area contributed by atoms with Crippen LogP contribution in [0.3, 0.4) is 0 Å². The first-order chi connectivity index (χ1) is 8.04. The van der Waals surface area contributed by atoms with E-state index < -0.39 is 6.04 Å². The summed E-state index contributed by atoms with van der Waals surface area (Å²) in [6.45, 7) is 4.47. The summed E-state index contributed by atoms with van der Waals surface area (Å²) in [4.78, 5) is 17.9. The van der Waals surface area contributed by atoms with Crippen molar-refractivity contribution in [2.24, 2.45) is 5.73 Å². The van der Waals surface area contributed by atoms with Crippen molar-refractivity contribution in [3.05, 3.63) is 29.6 Å². The van der Waals surface area contributed by atoms with Gasteiger partial charge in [0, 0.05) is 12.7 Å². The Balaban J connectivity index is 2.59. The normalized spacial score (nSPS) is 12.2. The highest BCUT2D eigenvalue weighted by Crippen LogP contribution is 2.04. The molecule has 17 heavy (non-hydrogen) atoms. The number of carbonyl (C=O) groups is 1. The summed E-state index contributed by atoms with van der Waals surface area (Å²) in [7, 11) is 1.77. The van der Waals surface area contributed by atoms with E-state index in [0.29, 0.717) is 6.54 Å². The number of aromatic nitrogens is 1. The van der Waals surface area contributed by atoms with Crippen LogP contribution in [-0.4, -0.2) is 28.9 Å². The van der Waals surface area contributed by atoms with Gasteiger partial charge in [-0.3, -0.25) is 9.78 Å². The molecule has 0 spiro atoms. The van der Waals surface area contributed by atoms with Crippen molar-refractivity contribution in [1.82, 2.24) is 9.88 Å². The Kier molecular flexibility index (Phi) is 5.10. The molecule has 0 bridgehead atoms.